The van der Waals surface area contributed by atoms with E-state index >= 15 is 0 Å². The molecule has 8 nitrogen and oxygen atoms in total. The maximum atomic E-state index is 11.5. The zero-order valence-electron chi connectivity index (χ0n) is 11.2. The second-order valence-electron chi connectivity index (χ2n) is 4.62. The summed E-state index contributed by atoms with van der Waals surface area (Å²) in [6.07, 6.45) is 2.86. The van der Waals surface area contributed by atoms with E-state index in [2.05, 4.69) is 15.3 Å². The Balaban J connectivity index is 1.93. The van der Waals surface area contributed by atoms with Gasteiger partial charge in [0.05, 0.1) is 16.8 Å². The van der Waals surface area contributed by atoms with Crippen molar-refractivity contribution in [2.75, 3.05) is 6.26 Å². The van der Waals surface area contributed by atoms with E-state index in [1.54, 1.807) is 16.9 Å². The predicted octanol–water partition coefficient (Wildman–Crippen LogP) is 0.330. The van der Waals surface area contributed by atoms with Crippen LogP contribution in [0, 0.1) is 0 Å². The van der Waals surface area contributed by atoms with Gasteiger partial charge in [-0.15, -0.1) is 5.10 Å². The largest absolute Gasteiger partial charge is 0.439 e. The molecule has 0 bridgehead atoms. The molecule has 0 aliphatic rings. The third kappa shape index (κ3) is 2.78. The van der Waals surface area contributed by atoms with Crippen LogP contribution >= 0.6 is 0 Å². The fraction of sp³-hybridized carbons (Fsp3) is 0.250. The van der Waals surface area contributed by atoms with Crippen molar-refractivity contribution in [2.24, 2.45) is 5.73 Å². The maximum Gasteiger partial charge on any atom is 0.217 e. The lowest BCUT2D eigenvalue weighted by Gasteiger charge is -1.95. The predicted molar refractivity (Wildman–Crippen MR) is 74.1 cm³/mol. The number of aromatic nitrogens is 4. The number of hydrogen-bond acceptors (Lipinski definition) is 7. The summed E-state index contributed by atoms with van der Waals surface area (Å²) in [6, 6.07) is 4.58. The summed E-state index contributed by atoms with van der Waals surface area (Å²) in [7, 11) is -3.27. The molecule has 9 heteroatoms. The van der Waals surface area contributed by atoms with Crippen molar-refractivity contribution in [1.29, 1.82) is 0 Å². The molecule has 0 atom stereocenters. The van der Waals surface area contributed by atoms with E-state index in [0.29, 0.717) is 35.8 Å². The Morgan fingerprint density at radius 3 is 2.86 bits per heavy atom. The third-order valence-electron chi connectivity index (χ3n) is 2.92. The fourth-order valence-corrected chi connectivity index (χ4v) is 2.54. The molecule has 0 unspecified atom stereocenters. The van der Waals surface area contributed by atoms with Gasteiger partial charge in [-0.1, -0.05) is 5.21 Å². The van der Waals surface area contributed by atoms with Crippen molar-refractivity contribution in [3.8, 4) is 0 Å². The van der Waals surface area contributed by atoms with Crippen molar-refractivity contribution in [3.63, 3.8) is 0 Å². The van der Waals surface area contributed by atoms with Gasteiger partial charge in [-0.05, 0) is 18.2 Å². The van der Waals surface area contributed by atoms with Crippen LogP contribution in [-0.4, -0.2) is 34.7 Å². The van der Waals surface area contributed by atoms with Crippen LogP contribution in [0.5, 0.6) is 0 Å². The molecule has 0 amide bonds. The van der Waals surface area contributed by atoms with E-state index in [1.807, 2.05) is 0 Å². The zero-order chi connectivity index (χ0) is 15.0. The van der Waals surface area contributed by atoms with Crippen LogP contribution in [0.3, 0.4) is 0 Å². The monoisotopic (exact) mass is 307 g/mol. The third-order valence-corrected chi connectivity index (χ3v) is 4.03. The van der Waals surface area contributed by atoms with Gasteiger partial charge in [-0.3, -0.25) is 0 Å². The molecule has 2 heterocycles. The van der Waals surface area contributed by atoms with E-state index in [1.165, 1.54) is 12.1 Å². The Bertz CT molecular complexity index is 897. The van der Waals surface area contributed by atoms with Gasteiger partial charge < -0.3 is 10.2 Å². The van der Waals surface area contributed by atoms with Gasteiger partial charge in [0.1, 0.15) is 12.1 Å². The Morgan fingerprint density at radius 2 is 2.19 bits per heavy atom. The molecule has 21 heavy (non-hydrogen) atoms. The minimum atomic E-state index is -3.27. The van der Waals surface area contributed by atoms with Gasteiger partial charge in [0.15, 0.2) is 15.4 Å². The second kappa shape index (κ2) is 4.93. The molecular weight excluding hydrogens is 294 g/mol. The van der Waals surface area contributed by atoms with Crippen LogP contribution in [0.4, 0.5) is 0 Å². The lowest BCUT2D eigenvalue weighted by molar-refractivity contribution is 0.485. The minimum absolute atomic E-state index is 0.209. The Morgan fingerprint density at radius 1 is 1.38 bits per heavy atom. The smallest absolute Gasteiger partial charge is 0.217 e. The summed E-state index contributed by atoms with van der Waals surface area (Å²) in [5, 5.41) is 7.77. The molecule has 2 aromatic heterocycles. The normalized spacial score (nSPS) is 12.1. The number of oxazole rings is 1. The maximum absolute atomic E-state index is 11.5. The standard InChI is InChI=1S/C12H13N5O3S/c1-21(18,19)9-2-3-11-10(4-9)14-12(20-11)7-17-6-8(5-13)15-16-17/h2-4,6H,5,7,13H2,1H3. The highest BCUT2D eigenvalue weighted by molar-refractivity contribution is 7.90. The van der Waals surface area contributed by atoms with Crippen LogP contribution in [0.1, 0.15) is 11.6 Å². The van der Waals surface area contributed by atoms with Crippen LogP contribution in [0.25, 0.3) is 11.1 Å². The molecule has 0 radical (unpaired) electrons. The van der Waals surface area contributed by atoms with Gasteiger partial charge in [0.25, 0.3) is 0 Å². The van der Waals surface area contributed by atoms with Crippen LogP contribution in [0.2, 0.25) is 0 Å². The molecule has 0 aliphatic heterocycles. The number of sulfone groups is 1. The Kier molecular flexibility index (Phi) is 3.22. The SMILES string of the molecule is CS(=O)(=O)c1ccc2oc(Cn3cc(CN)nn3)nc2c1. The lowest BCUT2D eigenvalue weighted by atomic mass is 10.3. The van der Waals surface area contributed by atoms with E-state index in [0.717, 1.165) is 6.26 Å². The highest BCUT2D eigenvalue weighted by atomic mass is 32.2. The van der Waals surface area contributed by atoms with E-state index in [-0.39, 0.29) is 4.90 Å². The van der Waals surface area contributed by atoms with Crippen LogP contribution in [0.15, 0.2) is 33.7 Å². The summed E-state index contributed by atoms with van der Waals surface area (Å²) in [5.74, 6) is 0.420. The van der Waals surface area contributed by atoms with E-state index in [9.17, 15) is 8.42 Å². The number of benzene rings is 1. The quantitative estimate of drug-likeness (QED) is 0.738. The van der Waals surface area contributed by atoms with Crippen molar-refractivity contribution in [3.05, 3.63) is 36.0 Å². The van der Waals surface area contributed by atoms with Crippen molar-refractivity contribution >= 4 is 20.9 Å². The summed E-state index contributed by atoms with van der Waals surface area (Å²) in [6.45, 7) is 0.612. The molecule has 0 saturated carbocycles. The minimum Gasteiger partial charge on any atom is -0.439 e. The second-order valence-corrected chi connectivity index (χ2v) is 6.64. The van der Waals surface area contributed by atoms with Crippen molar-refractivity contribution < 1.29 is 12.8 Å². The number of hydrogen-bond donors (Lipinski definition) is 1. The van der Waals surface area contributed by atoms with Gasteiger partial charge in [0.2, 0.25) is 5.89 Å². The highest BCUT2D eigenvalue weighted by Crippen LogP contribution is 2.20. The summed E-state index contributed by atoms with van der Waals surface area (Å²) in [5.41, 5.74) is 7.15. The fourth-order valence-electron chi connectivity index (χ4n) is 1.90. The lowest BCUT2D eigenvalue weighted by Crippen LogP contribution is -2.00. The molecule has 3 aromatic rings. The van der Waals surface area contributed by atoms with E-state index < -0.39 is 9.84 Å². The molecule has 3 rings (SSSR count). The molecule has 0 spiro atoms. The molecular formula is C12H13N5O3S. The first-order valence-corrected chi connectivity index (χ1v) is 8.03. The van der Waals surface area contributed by atoms with Crippen molar-refractivity contribution in [1.82, 2.24) is 20.0 Å². The number of nitrogens with two attached hydrogens (primary N) is 1. The van der Waals surface area contributed by atoms with Crippen molar-refractivity contribution in [2.45, 2.75) is 18.0 Å². The molecule has 2 N–H and O–H groups in total. The Hall–Kier alpha value is -2.26. The van der Waals surface area contributed by atoms with Gasteiger partial charge in [-0.25, -0.2) is 18.1 Å². The number of rotatable bonds is 4. The van der Waals surface area contributed by atoms with E-state index in [4.69, 9.17) is 10.2 Å². The summed E-state index contributed by atoms with van der Waals surface area (Å²) in [4.78, 5) is 4.48. The first kappa shape index (κ1) is 13.7. The highest BCUT2D eigenvalue weighted by Gasteiger charge is 2.12. The molecule has 1 aromatic carbocycles. The van der Waals surface area contributed by atoms with Crippen LogP contribution in [-0.2, 0) is 22.9 Å². The van der Waals surface area contributed by atoms with Gasteiger partial charge in [-0.2, -0.15) is 0 Å². The molecule has 0 saturated heterocycles. The number of fused-ring (bicyclic) bond motifs is 1. The number of nitrogens with zero attached hydrogens (tertiary/aromatic N) is 4. The molecule has 110 valence electrons. The van der Waals surface area contributed by atoms with Gasteiger partial charge >= 0.3 is 0 Å². The molecule has 0 fully saturated rings. The van der Waals surface area contributed by atoms with Gasteiger partial charge in [0, 0.05) is 12.8 Å². The molecule has 0 aliphatic carbocycles. The average molecular weight is 307 g/mol. The zero-order valence-corrected chi connectivity index (χ0v) is 12.0. The summed E-state index contributed by atoms with van der Waals surface area (Å²) < 4.78 is 30.2. The average Bonchev–Trinajstić information content (AvgIpc) is 3.02. The topological polar surface area (TPSA) is 117 Å². The Labute approximate surface area is 120 Å². The van der Waals surface area contributed by atoms with Crippen LogP contribution < -0.4 is 5.73 Å². The first-order chi connectivity index (χ1) is 9.95. The first-order valence-electron chi connectivity index (χ1n) is 6.14. The summed E-state index contributed by atoms with van der Waals surface area (Å²) >= 11 is 0.